The molecule has 3 nitrogen and oxygen atoms in total. The topological polar surface area (TPSA) is 61.3 Å². The molecule has 4 N–H and O–H groups in total. The molecule has 0 saturated heterocycles. The Morgan fingerprint density at radius 2 is 2.20 bits per heavy atom. The third-order valence-electron chi connectivity index (χ3n) is 2.11. The zero-order valence-electron chi connectivity index (χ0n) is 6.47. The van der Waals surface area contributed by atoms with E-state index in [-0.39, 0.29) is 6.10 Å². The summed E-state index contributed by atoms with van der Waals surface area (Å²) in [5.41, 5.74) is 11.0. The van der Waals surface area contributed by atoms with Crippen molar-refractivity contribution in [3.63, 3.8) is 0 Å². The van der Waals surface area contributed by atoms with Gasteiger partial charge in [-0.2, -0.15) is 0 Å². The van der Waals surface area contributed by atoms with Gasteiger partial charge in [-0.1, -0.05) is 0 Å². The zero-order chi connectivity index (χ0) is 7.61. The van der Waals surface area contributed by atoms with Gasteiger partial charge in [0.25, 0.3) is 0 Å². The minimum Gasteiger partial charge on any atom is -0.381 e. The van der Waals surface area contributed by atoms with Crippen molar-refractivity contribution in [3.05, 3.63) is 0 Å². The van der Waals surface area contributed by atoms with Crippen LogP contribution < -0.4 is 11.5 Å². The third-order valence-corrected chi connectivity index (χ3v) is 2.11. The van der Waals surface area contributed by atoms with Crippen LogP contribution in [0.3, 0.4) is 0 Å². The fourth-order valence-electron chi connectivity index (χ4n) is 1.49. The quantitative estimate of drug-likeness (QED) is 0.516. The van der Waals surface area contributed by atoms with Crippen LogP contribution in [0.4, 0.5) is 0 Å². The summed E-state index contributed by atoms with van der Waals surface area (Å²) >= 11 is 0. The molecule has 60 valence electrons. The maximum absolute atomic E-state index is 5.74. The van der Waals surface area contributed by atoms with Gasteiger partial charge in [0, 0.05) is 13.5 Å². The van der Waals surface area contributed by atoms with Crippen LogP contribution in [0.5, 0.6) is 0 Å². The Morgan fingerprint density at radius 3 is 2.60 bits per heavy atom. The van der Waals surface area contributed by atoms with Crippen LogP contribution in [-0.2, 0) is 4.74 Å². The zero-order valence-corrected chi connectivity index (χ0v) is 6.47. The number of hydrogen-bond donors (Lipinski definition) is 2. The molecule has 0 aliphatic heterocycles. The van der Waals surface area contributed by atoms with E-state index in [1.165, 1.54) is 0 Å². The van der Waals surface area contributed by atoms with Crippen molar-refractivity contribution in [1.82, 2.24) is 0 Å². The van der Waals surface area contributed by atoms with Crippen molar-refractivity contribution in [1.29, 1.82) is 0 Å². The van der Waals surface area contributed by atoms with Gasteiger partial charge >= 0.3 is 0 Å². The number of hydrogen-bond acceptors (Lipinski definition) is 3. The van der Waals surface area contributed by atoms with E-state index in [1.54, 1.807) is 7.11 Å². The lowest BCUT2D eigenvalue weighted by molar-refractivity contribution is 0.0431. The van der Waals surface area contributed by atoms with Crippen LogP contribution in [-0.4, -0.2) is 18.9 Å². The minimum absolute atomic E-state index is 0.281. The van der Waals surface area contributed by atoms with Gasteiger partial charge in [-0.15, -0.1) is 0 Å². The molecule has 3 heteroatoms. The summed E-state index contributed by atoms with van der Waals surface area (Å²) in [6, 6.07) is 0. The predicted molar refractivity (Wildman–Crippen MR) is 40.4 cm³/mol. The molecule has 1 aliphatic rings. The second-order valence-electron chi connectivity index (χ2n) is 3.19. The van der Waals surface area contributed by atoms with E-state index in [1.807, 2.05) is 0 Å². The Balaban J connectivity index is 2.40. The Bertz CT molecular complexity index is 114. The molecule has 1 saturated carbocycles. The number of methoxy groups -OCH3 is 1. The van der Waals surface area contributed by atoms with Crippen molar-refractivity contribution in [3.8, 4) is 0 Å². The van der Waals surface area contributed by atoms with Crippen molar-refractivity contribution < 1.29 is 4.74 Å². The summed E-state index contributed by atoms with van der Waals surface area (Å²) in [5, 5.41) is 0. The molecule has 0 amide bonds. The predicted octanol–water partition coefficient (Wildman–Crippen LogP) is 0.189. The second kappa shape index (κ2) is 2.86. The van der Waals surface area contributed by atoms with Gasteiger partial charge in [-0.3, -0.25) is 0 Å². The Labute approximate surface area is 61.7 Å². The van der Waals surface area contributed by atoms with Gasteiger partial charge in [0.2, 0.25) is 0 Å². The molecule has 1 fully saturated rings. The van der Waals surface area contributed by atoms with Crippen LogP contribution in [0.25, 0.3) is 0 Å². The van der Waals surface area contributed by atoms with Crippen LogP contribution in [0.2, 0.25) is 0 Å². The SMILES string of the molecule is COC1CCCC(N)(N)C1. The summed E-state index contributed by atoms with van der Waals surface area (Å²) in [7, 11) is 1.71. The molecule has 1 atom stereocenters. The first-order chi connectivity index (χ1) is 4.64. The molecule has 1 rings (SSSR count). The smallest absolute Gasteiger partial charge is 0.0661 e. The molecule has 10 heavy (non-hydrogen) atoms. The average Bonchev–Trinajstić information content (AvgIpc) is 1.86. The molecule has 0 aromatic rings. The molecule has 0 aromatic carbocycles. The first kappa shape index (κ1) is 7.98. The van der Waals surface area contributed by atoms with Crippen molar-refractivity contribution in [2.24, 2.45) is 11.5 Å². The monoisotopic (exact) mass is 144 g/mol. The number of nitrogens with two attached hydrogens (primary N) is 2. The van der Waals surface area contributed by atoms with E-state index in [0.29, 0.717) is 0 Å². The van der Waals surface area contributed by atoms with Crippen LogP contribution >= 0.6 is 0 Å². The lowest BCUT2D eigenvalue weighted by Gasteiger charge is -2.33. The van der Waals surface area contributed by atoms with Crippen molar-refractivity contribution in [2.45, 2.75) is 37.5 Å². The Hall–Kier alpha value is -0.120. The summed E-state index contributed by atoms with van der Waals surface area (Å²) < 4.78 is 5.17. The molecule has 1 unspecified atom stereocenters. The normalized spacial score (nSPS) is 32.1. The molecule has 0 bridgehead atoms. The molecule has 0 spiro atoms. The first-order valence-corrected chi connectivity index (χ1v) is 3.74. The Morgan fingerprint density at radius 1 is 1.50 bits per heavy atom. The first-order valence-electron chi connectivity index (χ1n) is 3.74. The highest BCUT2D eigenvalue weighted by atomic mass is 16.5. The summed E-state index contributed by atoms with van der Waals surface area (Å²) in [4.78, 5) is 0. The lowest BCUT2D eigenvalue weighted by atomic mass is 9.88. The molecule has 0 heterocycles. The molecular formula is C7H16N2O. The van der Waals surface area contributed by atoms with Gasteiger partial charge in [-0.05, 0) is 19.3 Å². The van der Waals surface area contributed by atoms with Crippen LogP contribution in [0.15, 0.2) is 0 Å². The molecule has 0 aromatic heterocycles. The minimum atomic E-state index is -0.473. The lowest BCUT2D eigenvalue weighted by Crippen LogP contribution is -2.53. The average molecular weight is 144 g/mol. The summed E-state index contributed by atoms with van der Waals surface area (Å²) in [5.74, 6) is 0. The second-order valence-corrected chi connectivity index (χ2v) is 3.19. The summed E-state index contributed by atoms with van der Waals surface area (Å²) in [6.07, 6.45) is 4.19. The van der Waals surface area contributed by atoms with Crippen LogP contribution in [0, 0.1) is 0 Å². The van der Waals surface area contributed by atoms with Gasteiger partial charge in [0.1, 0.15) is 0 Å². The highest BCUT2D eigenvalue weighted by Crippen LogP contribution is 2.23. The van der Waals surface area contributed by atoms with Gasteiger partial charge in [0.05, 0.1) is 11.8 Å². The van der Waals surface area contributed by atoms with E-state index in [4.69, 9.17) is 16.2 Å². The van der Waals surface area contributed by atoms with E-state index in [9.17, 15) is 0 Å². The standard InChI is InChI=1S/C7H16N2O/c1-10-6-3-2-4-7(8,9)5-6/h6H,2-5,8-9H2,1H3. The third kappa shape index (κ3) is 1.94. The van der Waals surface area contributed by atoms with Gasteiger partial charge in [-0.25, -0.2) is 0 Å². The number of rotatable bonds is 1. The largest absolute Gasteiger partial charge is 0.381 e. The summed E-state index contributed by atoms with van der Waals surface area (Å²) in [6.45, 7) is 0. The highest BCUT2D eigenvalue weighted by Gasteiger charge is 2.28. The highest BCUT2D eigenvalue weighted by molar-refractivity contribution is 4.85. The fraction of sp³-hybridized carbons (Fsp3) is 1.00. The van der Waals surface area contributed by atoms with Gasteiger partial charge in [0.15, 0.2) is 0 Å². The van der Waals surface area contributed by atoms with E-state index < -0.39 is 5.66 Å². The fourth-order valence-corrected chi connectivity index (χ4v) is 1.49. The van der Waals surface area contributed by atoms with Crippen LogP contribution in [0.1, 0.15) is 25.7 Å². The molecule has 0 radical (unpaired) electrons. The number of ether oxygens (including phenoxy) is 1. The van der Waals surface area contributed by atoms with E-state index in [2.05, 4.69) is 0 Å². The maximum atomic E-state index is 5.74. The van der Waals surface area contributed by atoms with E-state index >= 15 is 0 Å². The van der Waals surface area contributed by atoms with Crippen molar-refractivity contribution in [2.75, 3.05) is 7.11 Å². The maximum Gasteiger partial charge on any atom is 0.0661 e. The van der Waals surface area contributed by atoms with E-state index in [0.717, 1.165) is 25.7 Å². The molecular weight excluding hydrogens is 128 g/mol. The Kier molecular flexibility index (Phi) is 2.28. The van der Waals surface area contributed by atoms with Gasteiger partial charge < -0.3 is 16.2 Å². The van der Waals surface area contributed by atoms with Crippen molar-refractivity contribution >= 4 is 0 Å². The molecule has 1 aliphatic carbocycles.